The predicted molar refractivity (Wildman–Crippen MR) is 83.7 cm³/mol. The molecule has 0 aliphatic heterocycles. The minimum Gasteiger partial charge on any atom is -0.266 e. The molecule has 7 heteroatoms. The van der Waals surface area contributed by atoms with Gasteiger partial charge in [0.15, 0.2) is 0 Å². The van der Waals surface area contributed by atoms with Crippen molar-refractivity contribution in [1.82, 2.24) is 0 Å². The van der Waals surface area contributed by atoms with E-state index in [0.29, 0.717) is 21.0 Å². The summed E-state index contributed by atoms with van der Waals surface area (Å²) < 4.78 is 27.4. The second kappa shape index (κ2) is 5.83. The van der Waals surface area contributed by atoms with Gasteiger partial charge in [-0.05, 0) is 41.1 Å². The molecule has 0 N–H and O–H groups in total. The van der Waals surface area contributed by atoms with Crippen LogP contribution in [-0.2, 0) is 10.0 Å². The van der Waals surface area contributed by atoms with Crippen molar-refractivity contribution in [2.24, 2.45) is 0 Å². The number of thiophene rings is 1. The van der Waals surface area contributed by atoms with E-state index in [1.54, 1.807) is 19.1 Å². The van der Waals surface area contributed by atoms with Crippen LogP contribution in [0.4, 0.5) is 5.69 Å². The van der Waals surface area contributed by atoms with E-state index >= 15 is 0 Å². The van der Waals surface area contributed by atoms with E-state index in [2.05, 4.69) is 15.9 Å². The molecule has 0 unspecified atom stereocenters. The van der Waals surface area contributed by atoms with Crippen LogP contribution in [-0.4, -0.2) is 15.0 Å². The van der Waals surface area contributed by atoms with Crippen molar-refractivity contribution in [2.75, 3.05) is 10.8 Å². The second-order valence-corrected chi connectivity index (χ2v) is 8.56. The first-order valence-electron chi connectivity index (χ1n) is 5.49. The highest BCUT2D eigenvalue weighted by molar-refractivity contribution is 9.11. The second-order valence-electron chi connectivity index (χ2n) is 3.69. The van der Waals surface area contributed by atoms with Crippen molar-refractivity contribution in [3.05, 3.63) is 45.2 Å². The first kappa shape index (κ1) is 14.8. The molecule has 0 bridgehead atoms. The van der Waals surface area contributed by atoms with Crippen molar-refractivity contribution in [3.63, 3.8) is 0 Å². The van der Waals surface area contributed by atoms with Gasteiger partial charge in [0.05, 0.1) is 14.5 Å². The molecule has 1 heterocycles. The number of anilines is 1. The zero-order valence-corrected chi connectivity index (χ0v) is 14.0. The van der Waals surface area contributed by atoms with Crippen molar-refractivity contribution < 1.29 is 8.42 Å². The van der Waals surface area contributed by atoms with E-state index in [9.17, 15) is 8.42 Å². The summed E-state index contributed by atoms with van der Waals surface area (Å²) in [6.07, 6.45) is 0. The fraction of sp³-hybridized carbons (Fsp3) is 0.167. The molecule has 0 saturated carbocycles. The lowest BCUT2D eigenvalue weighted by atomic mass is 10.3. The fourth-order valence-electron chi connectivity index (χ4n) is 1.65. The molecule has 2 rings (SSSR count). The van der Waals surface area contributed by atoms with Gasteiger partial charge in [0.2, 0.25) is 0 Å². The SMILES string of the molecule is CCN(c1ccccc1)S(=O)(=O)c1cc(Cl)c(Br)s1. The maximum absolute atomic E-state index is 12.6. The predicted octanol–water partition coefficient (Wildman–Crippen LogP) is 4.38. The number of para-hydroxylation sites is 1. The highest BCUT2D eigenvalue weighted by Crippen LogP contribution is 2.36. The number of benzene rings is 1. The molecule has 0 amide bonds. The van der Waals surface area contributed by atoms with Crippen LogP contribution in [0.1, 0.15) is 6.92 Å². The molecule has 2 aromatic rings. The largest absolute Gasteiger partial charge is 0.273 e. The third kappa shape index (κ3) is 2.97. The van der Waals surface area contributed by atoms with Crippen molar-refractivity contribution >= 4 is 54.6 Å². The Hall–Kier alpha value is -0.560. The van der Waals surface area contributed by atoms with Crippen LogP contribution in [0, 0.1) is 0 Å². The van der Waals surface area contributed by atoms with Gasteiger partial charge < -0.3 is 0 Å². The number of hydrogen-bond donors (Lipinski definition) is 0. The Kier molecular flexibility index (Phi) is 4.55. The molecular weight excluding hydrogens is 370 g/mol. The van der Waals surface area contributed by atoms with E-state index in [4.69, 9.17) is 11.6 Å². The van der Waals surface area contributed by atoms with Gasteiger partial charge in [-0.25, -0.2) is 8.42 Å². The number of nitrogens with zero attached hydrogens (tertiary/aromatic N) is 1. The molecule has 19 heavy (non-hydrogen) atoms. The van der Waals surface area contributed by atoms with Crippen molar-refractivity contribution in [3.8, 4) is 0 Å². The topological polar surface area (TPSA) is 37.4 Å². The van der Waals surface area contributed by atoms with Crippen LogP contribution in [0.3, 0.4) is 0 Å². The van der Waals surface area contributed by atoms with E-state index in [1.165, 1.54) is 10.4 Å². The summed E-state index contributed by atoms with van der Waals surface area (Å²) in [5.41, 5.74) is 0.644. The third-order valence-corrected chi connectivity index (χ3v) is 7.33. The van der Waals surface area contributed by atoms with Crippen LogP contribution in [0.15, 0.2) is 44.4 Å². The zero-order chi connectivity index (χ0) is 14.0. The normalized spacial score (nSPS) is 11.5. The molecule has 1 aromatic heterocycles. The Morgan fingerprint density at radius 2 is 1.95 bits per heavy atom. The molecule has 0 radical (unpaired) electrons. The van der Waals surface area contributed by atoms with Crippen molar-refractivity contribution in [1.29, 1.82) is 0 Å². The number of sulfonamides is 1. The van der Waals surface area contributed by atoms with Crippen LogP contribution >= 0.6 is 38.9 Å². The standard InChI is InChI=1S/C12H11BrClNO2S2/c1-2-15(9-6-4-3-5-7-9)19(16,17)11-8-10(14)12(13)18-11/h3-8H,2H2,1H3. The molecule has 1 aromatic carbocycles. The maximum Gasteiger partial charge on any atom is 0.273 e. The highest BCUT2D eigenvalue weighted by Gasteiger charge is 2.26. The van der Waals surface area contributed by atoms with Crippen LogP contribution < -0.4 is 4.31 Å². The molecule has 0 atom stereocenters. The van der Waals surface area contributed by atoms with Gasteiger partial charge in [0, 0.05) is 6.54 Å². The molecule has 0 spiro atoms. The Morgan fingerprint density at radius 1 is 1.32 bits per heavy atom. The molecule has 3 nitrogen and oxygen atoms in total. The first-order valence-corrected chi connectivity index (χ1v) is 8.92. The summed E-state index contributed by atoms with van der Waals surface area (Å²) in [7, 11) is -3.57. The van der Waals surface area contributed by atoms with Crippen LogP contribution in [0.2, 0.25) is 5.02 Å². The highest BCUT2D eigenvalue weighted by atomic mass is 79.9. The average Bonchev–Trinajstić information content (AvgIpc) is 2.72. The maximum atomic E-state index is 12.6. The van der Waals surface area contributed by atoms with Crippen molar-refractivity contribution in [2.45, 2.75) is 11.1 Å². The van der Waals surface area contributed by atoms with Gasteiger partial charge in [-0.15, -0.1) is 11.3 Å². The number of hydrogen-bond acceptors (Lipinski definition) is 3. The molecule has 102 valence electrons. The van der Waals surface area contributed by atoms with E-state index < -0.39 is 10.0 Å². The zero-order valence-electron chi connectivity index (χ0n) is 10.0. The Morgan fingerprint density at radius 3 is 2.42 bits per heavy atom. The van der Waals surface area contributed by atoms with Crippen LogP contribution in [0.25, 0.3) is 0 Å². The first-order chi connectivity index (χ1) is 8.96. The summed E-state index contributed by atoms with van der Waals surface area (Å²) in [5, 5.41) is 0.410. The van der Waals surface area contributed by atoms with Gasteiger partial charge in [0.1, 0.15) is 4.21 Å². The lowest BCUT2D eigenvalue weighted by molar-refractivity contribution is 0.594. The fourth-order valence-corrected chi connectivity index (χ4v) is 5.64. The average molecular weight is 381 g/mol. The van der Waals surface area contributed by atoms with E-state index in [1.807, 2.05) is 18.2 Å². The minimum absolute atomic E-state index is 0.232. The number of rotatable bonds is 4. The van der Waals surface area contributed by atoms with Gasteiger partial charge >= 0.3 is 0 Å². The lowest BCUT2D eigenvalue weighted by Gasteiger charge is -2.21. The van der Waals surface area contributed by atoms with Gasteiger partial charge in [-0.2, -0.15) is 0 Å². The number of halogens is 2. The van der Waals surface area contributed by atoms with Gasteiger partial charge in [-0.3, -0.25) is 4.31 Å². The summed E-state index contributed by atoms with van der Waals surface area (Å²) in [5.74, 6) is 0. The third-order valence-electron chi connectivity index (χ3n) is 2.50. The summed E-state index contributed by atoms with van der Waals surface area (Å²) in [6.45, 7) is 2.16. The summed E-state index contributed by atoms with van der Waals surface area (Å²) in [6, 6.07) is 10.5. The summed E-state index contributed by atoms with van der Waals surface area (Å²) in [4.78, 5) is 0. The van der Waals surface area contributed by atoms with E-state index in [0.717, 1.165) is 11.3 Å². The van der Waals surface area contributed by atoms with E-state index in [-0.39, 0.29) is 4.21 Å². The molecular formula is C12H11BrClNO2S2. The molecule has 0 aliphatic rings. The van der Waals surface area contributed by atoms with Gasteiger partial charge in [-0.1, -0.05) is 29.8 Å². The van der Waals surface area contributed by atoms with Gasteiger partial charge in [0.25, 0.3) is 10.0 Å². The minimum atomic E-state index is -3.57. The smallest absolute Gasteiger partial charge is 0.266 e. The molecule has 0 saturated heterocycles. The summed E-state index contributed by atoms with van der Waals surface area (Å²) >= 11 is 10.3. The Balaban J connectivity index is 2.48. The molecule has 0 fully saturated rings. The monoisotopic (exact) mass is 379 g/mol. The Labute approximate surface area is 130 Å². The van der Waals surface area contributed by atoms with Crippen LogP contribution in [0.5, 0.6) is 0 Å². The lowest BCUT2D eigenvalue weighted by Crippen LogP contribution is -2.30. The molecule has 0 aliphatic carbocycles. The quantitative estimate of drug-likeness (QED) is 0.789. The Bertz CT molecular complexity index is 651.